The standard InChI is InChI=1S/C28H32N2O3/c1-28(2,3)25(18-29)20-33-27(31)30-19-22-11-12-24-17-26(14-13-23(24)16-22)32-15-7-10-21-8-5-4-6-9-21/h4-6,8-9,11-14,16-17,25H,7,10,15,19-20H2,1-3H3,(H,30,31). The van der Waals surface area contributed by atoms with Crippen molar-refractivity contribution in [2.24, 2.45) is 11.3 Å². The van der Waals surface area contributed by atoms with Gasteiger partial charge in [-0.3, -0.25) is 0 Å². The van der Waals surface area contributed by atoms with Crippen LogP contribution in [-0.2, 0) is 17.7 Å². The van der Waals surface area contributed by atoms with E-state index in [0.717, 1.165) is 34.9 Å². The summed E-state index contributed by atoms with van der Waals surface area (Å²) in [6.07, 6.45) is 1.45. The Morgan fingerprint density at radius 3 is 2.45 bits per heavy atom. The highest BCUT2D eigenvalue weighted by atomic mass is 16.5. The molecule has 1 N–H and O–H groups in total. The van der Waals surface area contributed by atoms with E-state index in [1.807, 2.05) is 63.2 Å². The summed E-state index contributed by atoms with van der Waals surface area (Å²) in [5.41, 5.74) is 2.06. The summed E-state index contributed by atoms with van der Waals surface area (Å²) < 4.78 is 11.2. The molecule has 0 radical (unpaired) electrons. The molecule has 1 atom stereocenters. The van der Waals surface area contributed by atoms with Gasteiger partial charge in [0.1, 0.15) is 12.4 Å². The number of hydrogen-bond donors (Lipinski definition) is 1. The zero-order chi connectivity index (χ0) is 23.7. The summed E-state index contributed by atoms with van der Waals surface area (Å²) in [5, 5.41) is 14.2. The van der Waals surface area contributed by atoms with Crippen LogP contribution in [0.3, 0.4) is 0 Å². The van der Waals surface area contributed by atoms with E-state index >= 15 is 0 Å². The van der Waals surface area contributed by atoms with Crippen molar-refractivity contribution >= 4 is 16.9 Å². The van der Waals surface area contributed by atoms with Crippen molar-refractivity contribution in [1.82, 2.24) is 5.32 Å². The highest BCUT2D eigenvalue weighted by Gasteiger charge is 2.25. The lowest BCUT2D eigenvalue weighted by Crippen LogP contribution is -2.30. The number of aryl methyl sites for hydroxylation is 1. The number of nitriles is 1. The van der Waals surface area contributed by atoms with Crippen LogP contribution in [0.4, 0.5) is 4.79 Å². The summed E-state index contributed by atoms with van der Waals surface area (Å²) in [6, 6.07) is 24.7. The van der Waals surface area contributed by atoms with E-state index in [2.05, 4.69) is 35.7 Å². The Hall–Kier alpha value is -3.52. The summed E-state index contributed by atoms with van der Waals surface area (Å²) in [6.45, 7) is 6.98. The minimum absolute atomic E-state index is 0.0810. The van der Waals surface area contributed by atoms with Crippen molar-refractivity contribution in [3.63, 3.8) is 0 Å². The fraction of sp³-hybridized carbons (Fsp3) is 0.357. The second kappa shape index (κ2) is 11.4. The third-order valence-corrected chi connectivity index (χ3v) is 5.62. The highest BCUT2D eigenvalue weighted by molar-refractivity contribution is 5.84. The molecule has 3 aromatic rings. The summed E-state index contributed by atoms with van der Waals surface area (Å²) >= 11 is 0. The SMILES string of the molecule is CC(C)(C)C(C#N)COC(=O)NCc1ccc2cc(OCCCc3ccccc3)ccc2c1. The van der Waals surface area contributed by atoms with Crippen LogP contribution in [0.15, 0.2) is 66.7 Å². The van der Waals surface area contributed by atoms with E-state index in [1.165, 1.54) is 5.56 Å². The molecule has 0 heterocycles. The Balaban J connectivity index is 1.47. The summed E-state index contributed by atoms with van der Waals surface area (Å²) in [5.74, 6) is 0.509. The number of alkyl carbamates (subject to hydrolysis) is 1. The van der Waals surface area contributed by atoms with Gasteiger partial charge in [0.2, 0.25) is 0 Å². The fourth-order valence-corrected chi connectivity index (χ4v) is 3.45. The number of carbonyl (C=O) groups is 1. The zero-order valence-corrected chi connectivity index (χ0v) is 19.6. The van der Waals surface area contributed by atoms with Crippen LogP contribution >= 0.6 is 0 Å². The second-order valence-corrected chi connectivity index (χ2v) is 9.28. The zero-order valence-electron chi connectivity index (χ0n) is 19.6. The van der Waals surface area contributed by atoms with Gasteiger partial charge in [0.15, 0.2) is 0 Å². The van der Waals surface area contributed by atoms with E-state index in [-0.39, 0.29) is 17.9 Å². The molecule has 0 bridgehead atoms. The summed E-state index contributed by atoms with van der Waals surface area (Å²) in [4.78, 5) is 12.0. The van der Waals surface area contributed by atoms with Gasteiger partial charge in [-0.1, -0.05) is 69.3 Å². The molecule has 0 aromatic heterocycles. The van der Waals surface area contributed by atoms with Gasteiger partial charge in [0.25, 0.3) is 0 Å². The van der Waals surface area contributed by atoms with E-state index < -0.39 is 6.09 Å². The van der Waals surface area contributed by atoms with Crippen molar-refractivity contribution in [2.45, 2.75) is 40.2 Å². The smallest absolute Gasteiger partial charge is 0.407 e. The average Bonchev–Trinajstić information content (AvgIpc) is 2.80. The molecule has 0 aliphatic rings. The number of nitrogens with one attached hydrogen (secondary N) is 1. The van der Waals surface area contributed by atoms with Gasteiger partial charge < -0.3 is 14.8 Å². The normalized spacial score (nSPS) is 12.1. The van der Waals surface area contributed by atoms with Crippen molar-refractivity contribution in [2.75, 3.05) is 13.2 Å². The number of hydrogen-bond acceptors (Lipinski definition) is 4. The molecule has 1 unspecified atom stereocenters. The molecule has 1 amide bonds. The predicted octanol–water partition coefficient (Wildman–Crippen LogP) is 6.26. The molecule has 0 aliphatic heterocycles. The van der Waals surface area contributed by atoms with Crippen LogP contribution in [0, 0.1) is 22.7 Å². The lowest BCUT2D eigenvalue weighted by molar-refractivity contribution is 0.110. The maximum Gasteiger partial charge on any atom is 0.407 e. The van der Waals surface area contributed by atoms with Crippen LogP contribution in [-0.4, -0.2) is 19.3 Å². The van der Waals surface area contributed by atoms with E-state index in [9.17, 15) is 10.1 Å². The minimum atomic E-state index is -0.515. The Bertz CT molecular complexity index is 1100. The Kier molecular flexibility index (Phi) is 8.32. The first-order valence-electron chi connectivity index (χ1n) is 11.3. The van der Waals surface area contributed by atoms with Gasteiger partial charge in [0, 0.05) is 6.54 Å². The quantitative estimate of drug-likeness (QED) is 0.395. The van der Waals surface area contributed by atoms with Crippen molar-refractivity contribution in [3.8, 4) is 11.8 Å². The van der Waals surface area contributed by atoms with E-state index in [1.54, 1.807) is 0 Å². The molecule has 5 nitrogen and oxygen atoms in total. The first-order valence-corrected chi connectivity index (χ1v) is 11.3. The van der Waals surface area contributed by atoms with Gasteiger partial charge in [-0.05, 0) is 58.4 Å². The predicted molar refractivity (Wildman–Crippen MR) is 131 cm³/mol. The van der Waals surface area contributed by atoms with Gasteiger partial charge in [-0.15, -0.1) is 0 Å². The molecule has 0 aliphatic carbocycles. The van der Waals surface area contributed by atoms with Crippen molar-refractivity contribution in [3.05, 3.63) is 77.9 Å². The topological polar surface area (TPSA) is 71.3 Å². The lowest BCUT2D eigenvalue weighted by atomic mass is 9.82. The molecular formula is C28H32N2O3. The number of amides is 1. The molecule has 0 saturated carbocycles. The second-order valence-electron chi connectivity index (χ2n) is 9.28. The highest BCUT2D eigenvalue weighted by Crippen LogP contribution is 2.25. The van der Waals surface area contributed by atoms with Crippen LogP contribution in [0.1, 0.15) is 38.3 Å². The van der Waals surface area contributed by atoms with Crippen LogP contribution < -0.4 is 10.1 Å². The van der Waals surface area contributed by atoms with Gasteiger partial charge in [0.05, 0.1) is 18.6 Å². The van der Waals surface area contributed by atoms with Gasteiger partial charge in [-0.2, -0.15) is 5.26 Å². The number of carbonyl (C=O) groups excluding carboxylic acids is 1. The molecule has 0 spiro atoms. The third kappa shape index (κ3) is 7.54. The number of fused-ring (bicyclic) bond motifs is 1. The Morgan fingerprint density at radius 2 is 1.73 bits per heavy atom. The molecule has 0 saturated heterocycles. The lowest BCUT2D eigenvalue weighted by Gasteiger charge is -2.24. The molecule has 0 fully saturated rings. The average molecular weight is 445 g/mol. The van der Waals surface area contributed by atoms with E-state index in [4.69, 9.17) is 9.47 Å². The van der Waals surface area contributed by atoms with Crippen LogP contribution in [0.25, 0.3) is 10.8 Å². The van der Waals surface area contributed by atoms with E-state index in [0.29, 0.717) is 13.2 Å². The number of rotatable bonds is 9. The maximum atomic E-state index is 12.0. The molecule has 3 aromatic carbocycles. The third-order valence-electron chi connectivity index (χ3n) is 5.62. The molecule has 3 rings (SSSR count). The largest absolute Gasteiger partial charge is 0.494 e. The molecule has 33 heavy (non-hydrogen) atoms. The summed E-state index contributed by atoms with van der Waals surface area (Å²) in [7, 11) is 0. The number of ether oxygens (including phenoxy) is 2. The Labute approximate surface area is 196 Å². The molecular weight excluding hydrogens is 412 g/mol. The van der Waals surface area contributed by atoms with Crippen LogP contribution in [0.5, 0.6) is 5.75 Å². The first kappa shape index (κ1) is 24.1. The monoisotopic (exact) mass is 444 g/mol. The first-order chi connectivity index (χ1) is 15.8. The maximum absolute atomic E-state index is 12.0. The van der Waals surface area contributed by atoms with Crippen molar-refractivity contribution < 1.29 is 14.3 Å². The number of nitrogens with zero attached hydrogens (tertiary/aromatic N) is 1. The molecule has 172 valence electrons. The minimum Gasteiger partial charge on any atom is -0.494 e. The molecule has 5 heteroatoms. The van der Waals surface area contributed by atoms with Crippen LogP contribution in [0.2, 0.25) is 0 Å². The number of benzene rings is 3. The van der Waals surface area contributed by atoms with Crippen molar-refractivity contribution in [1.29, 1.82) is 5.26 Å². The van der Waals surface area contributed by atoms with Gasteiger partial charge >= 0.3 is 6.09 Å². The van der Waals surface area contributed by atoms with Gasteiger partial charge in [-0.25, -0.2) is 4.79 Å². The Morgan fingerprint density at radius 1 is 1.00 bits per heavy atom. The fourth-order valence-electron chi connectivity index (χ4n) is 3.45.